The van der Waals surface area contributed by atoms with Crippen LogP contribution in [0.3, 0.4) is 0 Å². The van der Waals surface area contributed by atoms with Crippen molar-refractivity contribution in [3.05, 3.63) is 6.61 Å². The van der Waals surface area contributed by atoms with E-state index in [2.05, 4.69) is 32.6 Å². The van der Waals surface area contributed by atoms with Crippen molar-refractivity contribution in [1.29, 1.82) is 0 Å². The molecule has 0 heterocycles. The SMILES string of the molecule is CC[CH]OC(C)N(CC)CC. The number of hydrogen-bond donors (Lipinski definition) is 0. The molecule has 0 aliphatic heterocycles. The Morgan fingerprint density at radius 1 is 1.27 bits per heavy atom. The third kappa shape index (κ3) is 4.38. The molecule has 0 N–H and O–H groups in total. The van der Waals surface area contributed by atoms with Gasteiger partial charge in [0.05, 0.1) is 6.61 Å². The Labute approximate surface area is 70.5 Å². The van der Waals surface area contributed by atoms with Crippen LogP contribution in [0.25, 0.3) is 0 Å². The van der Waals surface area contributed by atoms with Crippen LogP contribution in [-0.2, 0) is 4.74 Å². The Balaban J connectivity index is 3.51. The topological polar surface area (TPSA) is 12.5 Å². The maximum Gasteiger partial charge on any atom is 0.108 e. The first kappa shape index (κ1) is 10.9. The lowest BCUT2D eigenvalue weighted by Gasteiger charge is -2.25. The van der Waals surface area contributed by atoms with Crippen molar-refractivity contribution in [2.45, 2.75) is 40.3 Å². The fourth-order valence-electron chi connectivity index (χ4n) is 1.06. The number of hydrogen-bond acceptors (Lipinski definition) is 2. The van der Waals surface area contributed by atoms with Gasteiger partial charge in [0.1, 0.15) is 6.23 Å². The van der Waals surface area contributed by atoms with Crippen molar-refractivity contribution in [2.75, 3.05) is 13.1 Å². The molecule has 2 heteroatoms. The minimum Gasteiger partial charge on any atom is -0.358 e. The highest BCUT2D eigenvalue weighted by Crippen LogP contribution is 2.02. The molecule has 0 aliphatic carbocycles. The number of rotatable bonds is 6. The average molecular weight is 158 g/mol. The van der Waals surface area contributed by atoms with Gasteiger partial charge in [-0.2, -0.15) is 0 Å². The molecule has 0 aromatic rings. The molecule has 1 radical (unpaired) electrons. The molecule has 0 spiro atoms. The van der Waals surface area contributed by atoms with Gasteiger partial charge in [-0.1, -0.05) is 20.8 Å². The van der Waals surface area contributed by atoms with Crippen LogP contribution < -0.4 is 0 Å². The molecule has 0 aromatic carbocycles. The minimum absolute atomic E-state index is 0.227. The van der Waals surface area contributed by atoms with E-state index < -0.39 is 0 Å². The fraction of sp³-hybridized carbons (Fsp3) is 0.889. The molecular formula is C9H20NO. The molecule has 0 aliphatic rings. The molecule has 67 valence electrons. The maximum absolute atomic E-state index is 5.44. The van der Waals surface area contributed by atoms with E-state index in [-0.39, 0.29) is 6.23 Å². The van der Waals surface area contributed by atoms with E-state index >= 15 is 0 Å². The normalized spacial score (nSPS) is 13.9. The van der Waals surface area contributed by atoms with Crippen LogP contribution in [0.1, 0.15) is 34.1 Å². The summed E-state index contributed by atoms with van der Waals surface area (Å²) in [6.07, 6.45) is 1.20. The van der Waals surface area contributed by atoms with Gasteiger partial charge in [-0.15, -0.1) is 0 Å². The first-order valence-electron chi connectivity index (χ1n) is 4.47. The van der Waals surface area contributed by atoms with Crippen LogP contribution in [0.15, 0.2) is 0 Å². The lowest BCUT2D eigenvalue weighted by atomic mass is 10.4. The van der Waals surface area contributed by atoms with Gasteiger partial charge in [0.2, 0.25) is 0 Å². The summed E-state index contributed by atoms with van der Waals surface area (Å²) in [6, 6.07) is 0. The van der Waals surface area contributed by atoms with E-state index in [1.165, 1.54) is 0 Å². The van der Waals surface area contributed by atoms with E-state index in [0.29, 0.717) is 0 Å². The molecule has 1 unspecified atom stereocenters. The zero-order valence-electron chi connectivity index (χ0n) is 8.13. The molecule has 0 amide bonds. The van der Waals surface area contributed by atoms with Crippen LogP contribution in [-0.4, -0.2) is 24.2 Å². The van der Waals surface area contributed by atoms with E-state index in [0.717, 1.165) is 19.5 Å². The van der Waals surface area contributed by atoms with Gasteiger partial charge in [0.15, 0.2) is 0 Å². The zero-order valence-corrected chi connectivity index (χ0v) is 8.13. The molecule has 0 rings (SSSR count). The predicted molar refractivity (Wildman–Crippen MR) is 48.1 cm³/mol. The smallest absolute Gasteiger partial charge is 0.108 e. The molecule has 0 bridgehead atoms. The summed E-state index contributed by atoms with van der Waals surface area (Å²) >= 11 is 0. The fourth-order valence-corrected chi connectivity index (χ4v) is 1.06. The zero-order chi connectivity index (χ0) is 8.69. The van der Waals surface area contributed by atoms with E-state index in [1.807, 2.05) is 6.61 Å². The van der Waals surface area contributed by atoms with Crippen LogP contribution in [0.5, 0.6) is 0 Å². The third-order valence-electron chi connectivity index (χ3n) is 1.79. The maximum atomic E-state index is 5.44. The van der Waals surface area contributed by atoms with Crippen molar-refractivity contribution >= 4 is 0 Å². The van der Waals surface area contributed by atoms with Crippen LogP contribution in [0, 0.1) is 6.61 Å². The van der Waals surface area contributed by atoms with Crippen LogP contribution >= 0.6 is 0 Å². The molecule has 0 saturated heterocycles. The van der Waals surface area contributed by atoms with Gasteiger partial charge in [-0.05, 0) is 26.4 Å². The van der Waals surface area contributed by atoms with Crippen LogP contribution in [0.2, 0.25) is 0 Å². The van der Waals surface area contributed by atoms with Gasteiger partial charge in [-0.3, -0.25) is 4.90 Å². The predicted octanol–water partition coefficient (Wildman–Crippen LogP) is 2.26. The number of nitrogens with zero attached hydrogens (tertiary/aromatic N) is 1. The van der Waals surface area contributed by atoms with Crippen LogP contribution in [0.4, 0.5) is 0 Å². The Hall–Kier alpha value is -0.0800. The van der Waals surface area contributed by atoms with Gasteiger partial charge < -0.3 is 4.74 Å². The Bertz CT molecular complexity index is 81.6. The van der Waals surface area contributed by atoms with Gasteiger partial charge >= 0.3 is 0 Å². The monoisotopic (exact) mass is 158 g/mol. The van der Waals surface area contributed by atoms with Gasteiger partial charge in [-0.25, -0.2) is 0 Å². The summed E-state index contributed by atoms with van der Waals surface area (Å²) in [5.74, 6) is 0. The largest absolute Gasteiger partial charge is 0.358 e. The summed E-state index contributed by atoms with van der Waals surface area (Å²) in [6.45, 7) is 12.4. The first-order valence-corrected chi connectivity index (χ1v) is 4.47. The first-order chi connectivity index (χ1) is 5.26. The highest BCUT2D eigenvalue weighted by molar-refractivity contribution is 4.56. The Morgan fingerprint density at radius 2 is 1.82 bits per heavy atom. The third-order valence-corrected chi connectivity index (χ3v) is 1.79. The molecule has 0 saturated carbocycles. The summed E-state index contributed by atoms with van der Waals surface area (Å²) < 4.78 is 5.44. The minimum atomic E-state index is 0.227. The standard InChI is InChI=1S/C9H20NO/c1-5-8-11-9(4)10(6-2)7-3/h8-9H,5-7H2,1-4H3. The molecule has 2 nitrogen and oxygen atoms in total. The van der Waals surface area contributed by atoms with E-state index in [9.17, 15) is 0 Å². The van der Waals surface area contributed by atoms with Crippen molar-refractivity contribution in [2.24, 2.45) is 0 Å². The molecular weight excluding hydrogens is 138 g/mol. The molecule has 1 atom stereocenters. The lowest BCUT2D eigenvalue weighted by Crippen LogP contribution is -2.34. The van der Waals surface area contributed by atoms with E-state index in [4.69, 9.17) is 4.74 Å². The summed E-state index contributed by atoms with van der Waals surface area (Å²) in [7, 11) is 0. The Kier molecular flexibility index (Phi) is 6.57. The van der Waals surface area contributed by atoms with Crippen molar-refractivity contribution < 1.29 is 4.74 Å². The van der Waals surface area contributed by atoms with Gasteiger partial charge in [0, 0.05) is 0 Å². The lowest BCUT2D eigenvalue weighted by molar-refractivity contribution is -0.0118. The number of ether oxygens (including phenoxy) is 1. The average Bonchev–Trinajstić information content (AvgIpc) is 2.03. The second-order valence-corrected chi connectivity index (χ2v) is 2.53. The molecule has 0 fully saturated rings. The highest BCUT2D eigenvalue weighted by atomic mass is 16.5. The Morgan fingerprint density at radius 3 is 2.18 bits per heavy atom. The second kappa shape index (κ2) is 6.62. The molecule has 11 heavy (non-hydrogen) atoms. The summed E-state index contributed by atoms with van der Waals surface area (Å²) in [5.41, 5.74) is 0. The van der Waals surface area contributed by atoms with Crippen molar-refractivity contribution in [1.82, 2.24) is 4.90 Å². The van der Waals surface area contributed by atoms with Gasteiger partial charge in [0.25, 0.3) is 0 Å². The van der Waals surface area contributed by atoms with E-state index in [1.54, 1.807) is 0 Å². The summed E-state index contributed by atoms with van der Waals surface area (Å²) in [5, 5.41) is 0. The quantitative estimate of drug-likeness (QED) is 0.550. The van der Waals surface area contributed by atoms with Crippen molar-refractivity contribution in [3.63, 3.8) is 0 Å². The highest BCUT2D eigenvalue weighted by Gasteiger charge is 2.08. The van der Waals surface area contributed by atoms with Crippen molar-refractivity contribution in [3.8, 4) is 0 Å². The molecule has 0 aromatic heterocycles. The summed E-state index contributed by atoms with van der Waals surface area (Å²) in [4.78, 5) is 2.27. The second-order valence-electron chi connectivity index (χ2n) is 2.53.